The molecule has 3 nitrogen and oxygen atoms in total. The maximum absolute atomic E-state index is 11.2. The highest BCUT2D eigenvalue weighted by Gasteiger charge is 1.98. The number of rotatable bonds is 5. The summed E-state index contributed by atoms with van der Waals surface area (Å²) >= 11 is 0. The number of amides is 2. The number of benzene rings is 1. The molecule has 86 valence electrons. The highest BCUT2D eigenvalue weighted by Crippen LogP contribution is 2.01. The van der Waals surface area contributed by atoms with Crippen molar-refractivity contribution in [3.05, 3.63) is 48.2 Å². The first kappa shape index (κ1) is 12.3. The minimum atomic E-state index is -0.180. The predicted octanol–water partition coefficient (Wildman–Crippen LogP) is 2.45. The molecule has 0 heterocycles. The van der Waals surface area contributed by atoms with Gasteiger partial charge in [0.15, 0.2) is 0 Å². The van der Waals surface area contributed by atoms with Crippen LogP contribution in [-0.4, -0.2) is 12.6 Å². The van der Waals surface area contributed by atoms with E-state index in [-0.39, 0.29) is 6.03 Å². The maximum Gasteiger partial charge on any atom is 0.318 e. The van der Waals surface area contributed by atoms with Gasteiger partial charge in [0.05, 0.1) is 0 Å². The average molecular weight is 218 g/mol. The Labute approximate surface area is 96.6 Å². The van der Waals surface area contributed by atoms with E-state index in [1.165, 1.54) is 5.56 Å². The summed E-state index contributed by atoms with van der Waals surface area (Å²) in [6.07, 6.45) is 1.92. The van der Waals surface area contributed by atoms with Crippen LogP contribution in [0.15, 0.2) is 42.6 Å². The number of urea groups is 1. The van der Waals surface area contributed by atoms with E-state index in [2.05, 4.69) is 29.3 Å². The Morgan fingerprint density at radius 2 is 2.00 bits per heavy atom. The minimum Gasteiger partial charge on any atom is -0.338 e. The Bertz CT molecular complexity index is 346. The molecular weight excluding hydrogens is 200 g/mol. The largest absolute Gasteiger partial charge is 0.338 e. The van der Waals surface area contributed by atoms with Gasteiger partial charge in [0.1, 0.15) is 0 Å². The number of aryl methyl sites for hydroxylation is 1. The van der Waals surface area contributed by atoms with E-state index in [0.29, 0.717) is 12.2 Å². The fourth-order valence-corrected chi connectivity index (χ4v) is 1.38. The van der Waals surface area contributed by atoms with E-state index >= 15 is 0 Å². The van der Waals surface area contributed by atoms with Gasteiger partial charge in [0, 0.05) is 12.2 Å². The van der Waals surface area contributed by atoms with Crippen molar-refractivity contribution in [3.63, 3.8) is 0 Å². The Morgan fingerprint density at radius 1 is 1.31 bits per heavy atom. The molecule has 0 aliphatic heterocycles. The van der Waals surface area contributed by atoms with Crippen LogP contribution in [0.1, 0.15) is 18.9 Å². The summed E-state index contributed by atoms with van der Waals surface area (Å²) in [4.78, 5) is 11.2. The Morgan fingerprint density at radius 3 is 2.62 bits per heavy atom. The van der Waals surface area contributed by atoms with Crippen LogP contribution in [0, 0.1) is 0 Å². The summed E-state index contributed by atoms with van der Waals surface area (Å²) in [7, 11) is 0. The van der Waals surface area contributed by atoms with E-state index in [4.69, 9.17) is 0 Å². The predicted molar refractivity (Wildman–Crippen MR) is 66.1 cm³/mol. The summed E-state index contributed by atoms with van der Waals surface area (Å²) in [5.41, 5.74) is 1.95. The van der Waals surface area contributed by atoms with Gasteiger partial charge < -0.3 is 10.6 Å². The van der Waals surface area contributed by atoms with Gasteiger partial charge in [-0.1, -0.05) is 36.9 Å². The molecule has 0 unspecified atom stereocenters. The van der Waals surface area contributed by atoms with Gasteiger partial charge in [-0.05, 0) is 25.3 Å². The first-order valence-corrected chi connectivity index (χ1v) is 5.43. The SMILES string of the molecule is C=C(C)NC(=O)NCCCc1ccccc1. The molecule has 1 aromatic carbocycles. The van der Waals surface area contributed by atoms with Crippen molar-refractivity contribution in [1.82, 2.24) is 10.6 Å². The molecule has 1 rings (SSSR count). The summed E-state index contributed by atoms with van der Waals surface area (Å²) in [6.45, 7) is 6.03. The normalized spacial score (nSPS) is 9.56. The molecule has 2 N–H and O–H groups in total. The van der Waals surface area contributed by atoms with Crippen LogP contribution in [-0.2, 0) is 6.42 Å². The second kappa shape index (κ2) is 6.67. The van der Waals surface area contributed by atoms with Gasteiger partial charge >= 0.3 is 6.03 Å². The molecule has 2 amide bonds. The Balaban J connectivity index is 2.13. The van der Waals surface area contributed by atoms with Crippen LogP contribution in [0.3, 0.4) is 0 Å². The fraction of sp³-hybridized carbons (Fsp3) is 0.308. The zero-order valence-electron chi connectivity index (χ0n) is 9.62. The standard InChI is InChI=1S/C13H18N2O/c1-11(2)15-13(16)14-10-6-9-12-7-4-3-5-8-12/h3-5,7-8H,1,6,9-10H2,2H3,(H2,14,15,16). The van der Waals surface area contributed by atoms with E-state index in [0.717, 1.165) is 12.8 Å². The third-order valence-corrected chi connectivity index (χ3v) is 2.10. The lowest BCUT2D eigenvalue weighted by atomic mass is 10.1. The molecule has 0 bridgehead atoms. The molecule has 0 saturated heterocycles. The van der Waals surface area contributed by atoms with Gasteiger partial charge in [0.2, 0.25) is 0 Å². The van der Waals surface area contributed by atoms with Crippen molar-refractivity contribution in [2.24, 2.45) is 0 Å². The lowest BCUT2D eigenvalue weighted by Crippen LogP contribution is -2.34. The zero-order chi connectivity index (χ0) is 11.8. The Kier molecular flexibility index (Phi) is 5.12. The third-order valence-electron chi connectivity index (χ3n) is 2.10. The van der Waals surface area contributed by atoms with Gasteiger partial charge in [-0.15, -0.1) is 0 Å². The maximum atomic E-state index is 11.2. The number of nitrogens with one attached hydrogen (secondary N) is 2. The van der Waals surface area contributed by atoms with Crippen molar-refractivity contribution < 1.29 is 4.79 Å². The fourth-order valence-electron chi connectivity index (χ4n) is 1.38. The Hall–Kier alpha value is -1.77. The first-order valence-electron chi connectivity index (χ1n) is 5.43. The van der Waals surface area contributed by atoms with E-state index in [1.54, 1.807) is 6.92 Å². The minimum absolute atomic E-state index is 0.180. The highest BCUT2D eigenvalue weighted by molar-refractivity contribution is 5.75. The second-order valence-corrected chi connectivity index (χ2v) is 3.75. The molecular formula is C13H18N2O. The van der Waals surface area contributed by atoms with Gasteiger partial charge in [-0.3, -0.25) is 0 Å². The molecule has 0 spiro atoms. The molecule has 0 aliphatic carbocycles. The van der Waals surface area contributed by atoms with Crippen molar-refractivity contribution in [1.29, 1.82) is 0 Å². The van der Waals surface area contributed by atoms with Crippen molar-refractivity contribution >= 4 is 6.03 Å². The van der Waals surface area contributed by atoms with Crippen molar-refractivity contribution in [2.75, 3.05) is 6.54 Å². The summed E-state index contributed by atoms with van der Waals surface area (Å²) in [5.74, 6) is 0. The van der Waals surface area contributed by atoms with Crippen LogP contribution < -0.4 is 10.6 Å². The van der Waals surface area contributed by atoms with Crippen LogP contribution in [0.5, 0.6) is 0 Å². The number of hydrogen-bond acceptors (Lipinski definition) is 1. The quantitative estimate of drug-likeness (QED) is 0.732. The lowest BCUT2D eigenvalue weighted by Gasteiger charge is -2.06. The number of carbonyl (C=O) groups is 1. The van der Waals surface area contributed by atoms with Gasteiger partial charge in [-0.25, -0.2) is 4.79 Å². The lowest BCUT2D eigenvalue weighted by molar-refractivity contribution is 0.243. The first-order chi connectivity index (χ1) is 7.68. The molecule has 0 radical (unpaired) electrons. The second-order valence-electron chi connectivity index (χ2n) is 3.75. The van der Waals surface area contributed by atoms with Crippen LogP contribution >= 0.6 is 0 Å². The molecule has 0 saturated carbocycles. The topological polar surface area (TPSA) is 41.1 Å². The molecule has 0 aliphatic rings. The number of hydrogen-bond donors (Lipinski definition) is 2. The average Bonchev–Trinajstić information content (AvgIpc) is 2.25. The smallest absolute Gasteiger partial charge is 0.318 e. The highest BCUT2D eigenvalue weighted by atomic mass is 16.2. The van der Waals surface area contributed by atoms with E-state index in [1.807, 2.05) is 18.2 Å². The zero-order valence-corrected chi connectivity index (χ0v) is 9.62. The van der Waals surface area contributed by atoms with Crippen LogP contribution in [0.2, 0.25) is 0 Å². The summed E-state index contributed by atoms with van der Waals surface area (Å²) in [5, 5.41) is 5.37. The van der Waals surface area contributed by atoms with Crippen molar-refractivity contribution in [3.8, 4) is 0 Å². The van der Waals surface area contributed by atoms with E-state index < -0.39 is 0 Å². The summed E-state index contributed by atoms with van der Waals surface area (Å²) < 4.78 is 0. The monoisotopic (exact) mass is 218 g/mol. The summed E-state index contributed by atoms with van der Waals surface area (Å²) in [6, 6.07) is 10.1. The van der Waals surface area contributed by atoms with Gasteiger partial charge in [-0.2, -0.15) is 0 Å². The van der Waals surface area contributed by atoms with E-state index in [9.17, 15) is 4.79 Å². The van der Waals surface area contributed by atoms with Crippen LogP contribution in [0.25, 0.3) is 0 Å². The molecule has 16 heavy (non-hydrogen) atoms. The molecule has 0 fully saturated rings. The molecule has 1 aromatic rings. The van der Waals surface area contributed by atoms with Gasteiger partial charge in [0.25, 0.3) is 0 Å². The molecule has 0 aromatic heterocycles. The number of carbonyl (C=O) groups excluding carboxylic acids is 1. The molecule has 0 atom stereocenters. The van der Waals surface area contributed by atoms with Crippen molar-refractivity contribution in [2.45, 2.75) is 19.8 Å². The van der Waals surface area contributed by atoms with Crippen LogP contribution in [0.4, 0.5) is 4.79 Å². The number of allylic oxidation sites excluding steroid dienone is 1. The third kappa shape index (κ3) is 5.20. The molecule has 3 heteroatoms.